The zero-order valence-electron chi connectivity index (χ0n) is 29.5. The molecule has 0 aromatic rings. The SMILES string of the molecule is C#C[C@]1(O)CC[C@H]2[C@@H]3CCC4=CC(=O)CC[C@@H]4[C@H]3C(=C)C[C@@]21CC.CC(=O)[C@H]1CC[C@H]2[C@@H]3CCC4=CC(=O)CC[C@]4(C)[C@H]3CC[C@]12C. The van der Waals surface area contributed by atoms with Crippen LogP contribution in [0, 0.1) is 75.9 Å². The molecular weight excluding hydrogens is 580 g/mol. The molecule has 0 aliphatic heterocycles. The van der Waals surface area contributed by atoms with Crippen molar-refractivity contribution in [3.63, 3.8) is 0 Å². The molecule has 4 nitrogen and oxygen atoms in total. The lowest BCUT2D eigenvalue weighted by atomic mass is 9.47. The summed E-state index contributed by atoms with van der Waals surface area (Å²) in [6.07, 6.45) is 26.0. The van der Waals surface area contributed by atoms with E-state index < -0.39 is 5.60 Å². The van der Waals surface area contributed by atoms with Gasteiger partial charge in [-0.05, 0) is 161 Å². The number of terminal acetylenes is 1. The number of carbonyl (C=O) groups excluding carboxylic acids is 3. The number of aliphatic hydroxyl groups is 1. The fourth-order valence-corrected chi connectivity index (χ4v) is 14.1. The zero-order valence-corrected chi connectivity index (χ0v) is 29.5. The third-order valence-electron chi connectivity index (χ3n) is 16.4. The second kappa shape index (κ2) is 11.7. The number of hydrogen-bond donors (Lipinski definition) is 1. The van der Waals surface area contributed by atoms with Gasteiger partial charge in [0.15, 0.2) is 11.6 Å². The smallest absolute Gasteiger partial charge is 0.155 e. The van der Waals surface area contributed by atoms with Gasteiger partial charge in [0, 0.05) is 24.2 Å². The number of allylic oxidation sites excluding steroid dienone is 3. The van der Waals surface area contributed by atoms with Crippen LogP contribution in [0.25, 0.3) is 0 Å². The van der Waals surface area contributed by atoms with Crippen molar-refractivity contribution in [2.45, 2.75) is 136 Å². The van der Waals surface area contributed by atoms with Crippen LogP contribution >= 0.6 is 0 Å². The summed E-state index contributed by atoms with van der Waals surface area (Å²) in [7, 11) is 0. The first-order valence-electron chi connectivity index (χ1n) is 19.2. The molecule has 0 amide bonds. The van der Waals surface area contributed by atoms with E-state index in [2.05, 4.69) is 33.3 Å². The maximum absolute atomic E-state index is 12.1. The average Bonchev–Trinajstić information content (AvgIpc) is 3.56. The number of carbonyl (C=O) groups is 3. The summed E-state index contributed by atoms with van der Waals surface area (Å²) in [5.74, 6) is 8.42. The maximum Gasteiger partial charge on any atom is 0.155 e. The van der Waals surface area contributed by atoms with E-state index in [1.54, 1.807) is 6.92 Å². The van der Waals surface area contributed by atoms with Crippen molar-refractivity contribution < 1.29 is 19.5 Å². The Morgan fingerprint density at radius 2 is 1.62 bits per heavy atom. The highest BCUT2D eigenvalue weighted by Gasteiger charge is 2.64. The highest BCUT2D eigenvalue weighted by Crippen LogP contribution is 2.68. The monoisotopic (exact) mass is 638 g/mol. The van der Waals surface area contributed by atoms with Gasteiger partial charge in [-0.3, -0.25) is 14.4 Å². The minimum Gasteiger partial charge on any atom is -0.377 e. The van der Waals surface area contributed by atoms with Crippen molar-refractivity contribution in [1.82, 2.24) is 0 Å². The maximum atomic E-state index is 12.1. The summed E-state index contributed by atoms with van der Waals surface area (Å²) in [5.41, 5.74) is 3.42. The summed E-state index contributed by atoms with van der Waals surface area (Å²) in [6.45, 7) is 13.3. The highest BCUT2D eigenvalue weighted by molar-refractivity contribution is 5.92. The molecule has 8 aliphatic rings. The largest absolute Gasteiger partial charge is 0.377 e. The molecule has 0 bridgehead atoms. The highest BCUT2D eigenvalue weighted by atomic mass is 16.3. The molecule has 47 heavy (non-hydrogen) atoms. The Hall–Kier alpha value is -2.25. The summed E-state index contributed by atoms with van der Waals surface area (Å²) >= 11 is 0. The van der Waals surface area contributed by atoms with Gasteiger partial charge >= 0.3 is 0 Å². The van der Waals surface area contributed by atoms with Gasteiger partial charge in [0.25, 0.3) is 0 Å². The molecule has 4 heteroatoms. The van der Waals surface area contributed by atoms with Gasteiger partial charge in [-0.25, -0.2) is 0 Å². The molecule has 6 fully saturated rings. The van der Waals surface area contributed by atoms with Crippen LogP contribution in [0.4, 0.5) is 0 Å². The molecule has 0 spiro atoms. The average molecular weight is 639 g/mol. The second-order valence-electron chi connectivity index (χ2n) is 17.8. The normalized spacial score (nSPS) is 48.1. The Morgan fingerprint density at radius 3 is 2.34 bits per heavy atom. The number of rotatable bonds is 2. The quantitative estimate of drug-likeness (QED) is 0.243. The number of ketones is 3. The van der Waals surface area contributed by atoms with E-state index in [0.717, 1.165) is 88.4 Å². The van der Waals surface area contributed by atoms with Gasteiger partial charge in [-0.2, -0.15) is 0 Å². The molecule has 0 heterocycles. The van der Waals surface area contributed by atoms with Crippen LogP contribution in [0.1, 0.15) is 130 Å². The lowest BCUT2D eigenvalue weighted by Crippen LogP contribution is -2.54. The van der Waals surface area contributed by atoms with Crippen molar-refractivity contribution in [3.05, 3.63) is 35.5 Å². The van der Waals surface area contributed by atoms with Gasteiger partial charge in [0.05, 0.1) is 0 Å². The minimum atomic E-state index is -0.973. The Bertz CT molecular complexity index is 1470. The lowest BCUT2D eigenvalue weighted by Gasteiger charge is -2.58. The Morgan fingerprint density at radius 1 is 0.894 bits per heavy atom. The van der Waals surface area contributed by atoms with Gasteiger partial charge in [0.1, 0.15) is 11.4 Å². The van der Waals surface area contributed by atoms with Gasteiger partial charge in [-0.15, -0.1) is 6.42 Å². The second-order valence-corrected chi connectivity index (χ2v) is 17.8. The van der Waals surface area contributed by atoms with Crippen LogP contribution in [0.3, 0.4) is 0 Å². The fourth-order valence-electron chi connectivity index (χ4n) is 14.1. The molecule has 0 unspecified atom stereocenters. The lowest BCUT2D eigenvalue weighted by molar-refractivity contribution is -0.128. The van der Waals surface area contributed by atoms with E-state index in [1.807, 2.05) is 12.2 Å². The summed E-state index contributed by atoms with van der Waals surface area (Å²) < 4.78 is 0. The predicted molar refractivity (Wildman–Crippen MR) is 186 cm³/mol. The van der Waals surface area contributed by atoms with Crippen LogP contribution in [0.5, 0.6) is 0 Å². The fraction of sp³-hybridized carbons (Fsp3) is 0.744. The number of hydrogen-bond acceptors (Lipinski definition) is 4. The third-order valence-corrected chi connectivity index (χ3v) is 16.4. The summed E-state index contributed by atoms with van der Waals surface area (Å²) in [4.78, 5) is 35.8. The molecule has 0 radical (unpaired) electrons. The van der Waals surface area contributed by atoms with Crippen molar-refractivity contribution in [2.75, 3.05) is 0 Å². The van der Waals surface area contributed by atoms with E-state index in [-0.39, 0.29) is 16.2 Å². The van der Waals surface area contributed by atoms with Gasteiger partial charge < -0.3 is 5.11 Å². The van der Waals surface area contributed by atoms with E-state index in [4.69, 9.17) is 6.42 Å². The van der Waals surface area contributed by atoms with Crippen molar-refractivity contribution in [1.29, 1.82) is 0 Å². The minimum absolute atomic E-state index is 0.189. The number of Topliss-reactive ketones (excluding diaryl/α,β-unsaturated/α-hetero) is 1. The predicted octanol–water partition coefficient (Wildman–Crippen LogP) is 8.77. The first-order chi connectivity index (χ1) is 22.3. The summed E-state index contributed by atoms with van der Waals surface area (Å²) in [6, 6.07) is 0. The Labute approximate surface area is 283 Å². The third kappa shape index (κ3) is 4.82. The first kappa shape index (κ1) is 33.3. The van der Waals surface area contributed by atoms with E-state index in [9.17, 15) is 19.5 Å². The molecule has 0 aromatic carbocycles. The first-order valence-corrected chi connectivity index (χ1v) is 19.2. The van der Waals surface area contributed by atoms with Crippen molar-refractivity contribution in [3.8, 4) is 12.3 Å². The molecule has 1 N–H and O–H groups in total. The summed E-state index contributed by atoms with van der Waals surface area (Å²) in [5, 5.41) is 11.2. The molecular formula is C43H58O4. The molecule has 8 rings (SSSR count). The Kier molecular flexibility index (Phi) is 8.26. The molecule has 254 valence electrons. The molecule has 8 aliphatic carbocycles. The molecule has 12 atom stereocenters. The van der Waals surface area contributed by atoms with Crippen LogP contribution in [-0.4, -0.2) is 28.1 Å². The van der Waals surface area contributed by atoms with Crippen molar-refractivity contribution >= 4 is 17.3 Å². The van der Waals surface area contributed by atoms with Crippen LogP contribution in [-0.2, 0) is 14.4 Å². The van der Waals surface area contributed by atoms with E-state index in [0.29, 0.717) is 53.4 Å². The van der Waals surface area contributed by atoms with Gasteiger partial charge in [0.2, 0.25) is 0 Å². The van der Waals surface area contributed by atoms with Crippen molar-refractivity contribution in [2.24, 2.45) is 63.6 Å². The van der Waals surface area contributed by atoms with E-state index in [1.165, 1.54) is 42.4 Å². The van der Waals surface area contributed by atoms with E-state index >= 15 is 0 Å². The number of fused-ring (bicyclic) bond motifs is 10. The Balaban J connectivity index is 0.000000150. The van der Waals surface area contributed by atoms with Crippen LogP contribution in [0.2, 0.25) is 0 Å². The molecule has 6 saturated carbocycles. The topological polar surface area (TPSA) is 71.4 Å². The van der Waals surface area contributed by atoms with Crippen LogP contribution in [0.15, 0.2) is 35.5 Å². The standard InChI is InChI=1S/C22H28O2.C21H30O2/c1-4-21-13-14(3)20-17-9-7-16(23)12-15(17)6-8-18(20)19(21)10-11-22(21,24)5-2;1-13(22)17-6-7-18-16-5-4-14-12-15(23)8-10-20(14,2)19(16)9-11-21(17,18)3/h2,12,17-20,24H,3-4,6-11,13H2,1H3;12,16-19H,4-11H2,1-3H3/t17-,18-,19-,20+,21-,22-;16-,17+,18-,19-,20-,21+/m00/s1. The van der Waals surface area contributed by atoms with Gasteiger partial charge in [-0.1, -0.05) is 50.0 Å². The zero-order chi connectivity index (χ0) is 33.5. The molecule has 0 saturated heterocycles. The molecule has 0 aromatic heterocycles. The van der Waals surface area contributed by atoms with Crippen LogP contribution < -0.4 is 0 Å².